The number of H-pyrrole nitrogens is 1. The average Bonchev–Trinajstić information content (AvgIpc) is 3.12. The van der Waals surface area contributed by atoms with E-state index in [9.17, 15) is 19.2 Å². The number of aromatic amines is 1. The van der Waals surface area contributed by atoms with Crippen molar-refractivity contribution in [3.63, 3.8) is 0 Å². The molecular weight excluding hydrogens is 628 g/mol. The molecule has 0 unspecified atom stereocenters. The maximum absolute atomic E-state index is 13.1. The van der Waals surface area contributed by atoms with Crippen LogP contribution in [0.1, 0.15) is 60.1 Å². The number of nitrogens with zero attached hydrogens (tertiary/aromatic N) is 4. The molecular formula is C40H34N6O4. The van der Waals surface area contributed by atoms with Crippen molar-refractivity contribution >= 4 is 39.2 Å². The van der Waals surface area contributed by atoms with Crippen LogP contribution in [-0.2, 0) is 6.54 Å². The van der Waals surface area contributed by atoms with E-state index in [0.29, 0.717) is 34.3 Å². The molecule has 0 aliphatic heterocycles. The first kappa shape index (κ1) is 33.4. The molecule has 0 aliphatic rings. The molecule has 10 nitrogen and oxygen atoms in total. The van der Waals surface area contributed by atoms with Gasteiger partial charge in [-0.05, 0) is 87.4 Å². The number of rotatable bonds is 6. The molecule has 10 heteroatoms. The molecule has 0 radical (unpaired) electrons. The van der Waals surface area contributed by atoms with E-state index in [4.69, 9.17) is 5.73 Å². The molecule has 0 amide bonds. The highest BCUT2D eigenvalue weighted by Gasteiger charge is 2.19. The zero-order valence-electron chi connectivity index (χ0n) is 28.0. The fraction of sp³-hybridized carbons (Fsp3) is 0.125. The lowest BCUT2D eigenvalue weighted by molar-refractivity contribution is 0.102. The Morgan fingerprint density at radius 3 is 1.94 bits per heavy atom. The number of ketones is 2. The van der Waals surface area contributed by atoms with Crippen molar-refractivity contribution in [1.82, 2.24) is 24.5 Å². The highest BCUT2D eigenvalue weighted by Crippen LogP contribution is 2.18. The van der Waals surface area contributed by atoms with Crippen molar-refractivity contribution < 1.29 is 9.59 Å². The predicted octanol–water partition coefficient (Wildman–Crippen LogP) is 6.04. The summed E-state index contributed by atoms with van der Waals surface area (Å²) in [5.74, 6) is -0.228. The van der Waals surface area contributed by atoms with Crippen LogP contribution in [0.15, 0.2) is 113 Å². The smallest absolute Gasteiger partial charge is 0.200 e. The number of hydrogen-bond acceptors (Lipinski definition) is 8. The van der Waals surface area contributed by atoms with Gasteiger partial charge in [-0.25, -0.2) is 4.98 Å². The van der Waals surface area contributed by atoms with Crippen molar-refractivity contribution in [2.75, 3.05) is 5.73 Å². The van der Waals surface area contributed by atoms with Crippen molar-refractivity contribution in [2.24, 2.45) is 0 Å². The van der Waals surface area contributed by atoms with Gasteiger partial charge in [0.25, 0.3) is 0 Å². The summed E-state index contributed by atoms with van der Waals surface area (Å²) < 4.78 is 1.86. The van der Waals surface area contributed by atoms with Gasteiger partial charge in [-0.1, -0.05) is 30.3 Å². The maximum atomic E-state index is 13.1. The van der Waals surface area contributed by atoms with E-state index < -0.39 is 0 Å². The standard InChI is InChI=1S/C23H20N4O2.C17H14N2O2/c1-14-10-16(11-25-15(14)2)22(28)19-13-27(12-17-6-5-9-21(24)26-17)20-8-4-3-7-18(20)23(19)29;1-10-7-12(8-18-11(10)2)16(20)14-9-19-15-6-4-3-5-13(15)17(14)21/h3-11,13H,12H2,1-2H3,(H2,24,26);3-9H,1-2H3,(H,19,21). The van der Waals surface area contributed by atoms with Crippen LogP contribution in [-0.4, -0.2) is 36.1 Å². The number of nitrogens with two attached hydrogens (primary N) is 1. The van der Waals surface area contributed by atoms with Gasteiger partial charge in [0, 0.05) is 63.6 Å². The maximum Gasteiger partial charge on any atom is 0.200 e. The molecule has 2 aromatic carbocycles. The van der Waals surface area contributed by atoms with E-state index in [0.717, 1.165) is 39.2 Å². The Balaban J connectivity index is 0.000000182. The summed E-state index contributed by atoms with van der Waals surface area (Å²) in [7, 11) is 0. The van der Waals surface area contributed by atoms with Crippen LogP contribution in [0.5, 0.6) is 0 Å². The zero-order valence-corrected chi connectivity index (χ0v) is 28.0. The monoisotopic (exact) mass is 662 g/mol. The van der Waals surface area contributed by atoms with Crippen LogP contribution in [0.2, 0.25) is 0 Å². The summed E-state index contributed by atoms with van der Waals surface area (Å²) in [5, 5.41) is 0.999. The number of carbonyl (C=O) groups is 2. The number of hydrogen-bond donors (Lipinski definition) is 2. The second kappa shape index (κ2) is 13.9. The lowest BCUT2D eigenvalue weighted by Crippen LogP contribution is -2.20. The molecule has 0 atom stereocenters. The second-order valence-corrected chi connectivity index (χ2v) is 12.1. The molecule has 0 aliphatic carbocycles. The third-order valence-corrected chi connectivity index (χ3v) is 8.63. The number of fused-ring (bicyclic) bond motifs is 2. The van der Waals surface area contributed by atoms with E-state index in [1.807, 2.05) is 68.7 Å². The van der Waals surface area contributed by atoms with Gasteiger partial charge < -0.3 is 15.3 Å². The molecule has 0 bridgehead atoms. The summed E-state index contributed by atoms with van der Waals surface area (Å²) >= 11 is 0. The first-order valence-electron chi connectivity index (χ1n) is 15.9. The van der Waals surface area contributed by atoms with Crippen LogP contribution < -0.4 is 16.6 Å². The van der Waals surface area contributed by atoms with Crippen LogP contribution >= 0.6 is 0 Å². The van der Waals surface area contributed by atoms with Crippen molar-refractivity contribution in [2.45, 2.75) is 34.2 Å². The van der Waals surface area contributed by atoms with E-state index in [1.54, 1.807) is 48.7 Å². The number of nitrogen functional groups attached to an aromatic ring is 1. The number of pyridine rings is 5. The van der Waals surface area contributed by atoms with Gasteiger partial charge in [0.2, 0.25) is 10.9 Å². The number of para-hydroxylation sites is 2. The number of anilines is 1. The minimum absolute atomic E-state index is 0.109. The van der Waals surface area contributed by atoms with Crippen LogP contribution in [0.25, 0.3) is 21.8 Å². The number of nitrogens with one attached hydrogen (secondary N) is 1. The fourth-order valence-electron chi connectivity index (χ4n) is 5.58. The number of carbonyl (C=O) groups excluding carboxylic acids is 2. The lowest BCUT2D eigenvalue weighted by Gasteiger charge is -2.13. The van der Waals surface area contributed by atoms with Crippen LogP contribution in [0.3, 0.4) is 0 Å². The minimum atomic E-state index is -0.342. The van der Waals surface area contributed by atoms with Crippen molar-refractivity contribution in [3.8, 4) is 0 Å². The lowest BCUT2D eigenvalue weighted by atomic mass is 10.0. The molecule has 248 valence electrons. The van der Waals surface area contributed by atoms with E-state index >= 15 is 0 Å². The number of aromatic nitrogens is 5. The highest BCUT2D eigenvalue weighted by atomic mass is 16.1. The third-order valence-electron chi connectivity index (χ3n) is 8.63. The quantitative estimate of drug-likeness (QED) is 0.204. The largest absolute Gasteiger partial charge is 0.384 e. The molecule has 0 spiro atoms. The first-order chi connectivity index (χ1) is 24.0. The molecule has 0 saturated carbocycles. The molecule has 7 aromatic rings. The normalized spacial score (nSPS) is 10.9. The third kappa shape index (κ3) is 6.72. The van der Waals surface area contributed by atoms with E-state index in [1.165, 1.54) is 18.6 Å². The highest BCUT2D eigenvalue weighted by molar-refractivity contribution is 6.10. The first-order valence-corrected chi connectivity index (χ1v) is 15.9. The Morgan fingerprint density at radius 2 is 1.30 bits per heavy atom. The second-order valence-electron chi connectivity index (χ2n) is 12.1. The summed E-state index contributed by atoms with van der Waals surface area (Å²) in [5.41, 5.74) is 12.1. The molecule has 5 aromatic heterocycles. The Bertz CT molecular complexity index is 2570. The van der Waals surface area contributed by atoms with E-state index in [-0.39, 0.29) is 33.6 Å². The summed E-state index contributed by atoms with van der Waals surface area (Å²) in [6, 6.07) is 23.3. The minimum Gasteiger partial charge on any atom is -0.384 e. The van der Waals surface area contributed by atoms with Gasteiger partial charge in [-0.15, -0.1) is 0 Å². The molecule has 0 fully saturated rings. The van der Waals surface area contributed by atoms with E-state index in [2.05, 4.69) is 19.9 Å². The van der Waals surface area contributed by atoms with Crippen LogP contribution in [0.4, 0.5) is 5.82 Å². The predicted molar refractivity (Wildman–Crippen MR) is 195 cm³/mol. The summed E-state index contributed by atoms with van der Waals surface area (Å²) in [6.07, 6.45) is 6.11. The summed E-state index contributed by atoms with van der Waals surface area (Å²) in [6.45, 7) is 7.93. The van der Waals surface area contributed by atoms with Gasteiger partial charge in [-0.2, -0.15) is 0 Å². The van der Waals surface area contributed by atoms with Gasteiger partial charge in [0.1, 0.15) is 5.82 Å². The van der Waals surface area contributed by atoms with Crippen molar-refractivity contribution in [3.05, 3.63) is 175 Å². The van der Waals surface area contributed by atoms with Gasteiger partial charge in [0.05, 0.1) is 28.9 Å². The van der Waals surface area contributed by atoms with Gasteiger partial charge in [-0.3, -0.25) is 29.1 Å². The molecule has 0 saturated heterocycles. The molecule has 7 rings (SSSR count). The van der Waals surface area contributed by atoms with Crippen LogP contribution in [0, 0.1) is 27.7 Å². The number of benzene rings is 2. The Kier molecular flexibility index (Phi) is 9.27. The fourth-order valence-corrected chi connectivity index (χ4v) is 5.58. The SMILES string of the molecule is Cc1cc(C(=O)c2c[nH]c3ccccc3c2=O)cnc1C.Cc1cc(C(=O)c2cn(Cc3cccc(N)n3)c3ccccc3c2=O)cnc1C. The van der Waals surface area contributed by atoms with Gasteiger partial charge >= 0.3 is 0 Å². The molecule has 3 N–H and O–H groups in total. The Hall–Kier alpha value is -6.55. The van der Waals surface area contributed by atoms with Gasteiger partial charge in [0.15, 0.2) is 11.6 Å². The Morgan fingerprint density at radius 1 is 0.720 bits per heavy atom. The Labute approximate surface area is 287 Å². The van der Waals surface area contributed by atoms with Crippen molar-refractivity contribution in [1.29, 1.82) is 0 Å². The summed E-state index contributed by atoms with van der Waals surface area (Å²) in [4.78, 5) is 66.9. The average molecular weight is 663 g/mol. The zero-order chi connectivity index (χ0) is 35.5. The topological polar surface area (TPSA) is 154 Å². The number of aryl methyl sites for hydroxylation is 4. The molecule has 50 heavy (non-hydrogen) atoms. The molecule has 5 heterocycles.